The number of benzene rings is 1. The van der Waals surface area contributed by atoms with Crippen LogP contribution in [0.5, 0.6) is 0 Å². The molecule has 222 valence electrons. The molecule has 2 aliphatic heterocycles. The van der Waals surface area contributed by atoms with Crippen LogP contribution in [0.1, 0.15) is 32.0 Å². The average Bonchev–Trinajstić information content (AvgIpc) is 2.95. The number of hydrogen-bond acceptors (Lipinski definition) is 9. The number of rotatable bonds is 6. The van der Waals surface area contributed by atoms with Gasteiger partial charge in [0, 0.05) is 63.9 Å². The summed E-state index contributed by atoms with van der Waals surface area (Å²) in [5, 5.41) is 21.2. The number of nitrogens with one attached hydrogen (secondary N) is 4. The number of hydrogen-bond donors (Lipinski definition) is 5. The molecule has 2 bridgehead atoms. The molecule has 12 nitrogen and oxygen atoms in total. The van der Waals surface area contributed by atoms with Crippen molar-refractivity contribution < 1.29 is 19.5 Å². The van der Waals surface area contributed by atoms with Crippen molar-refractivity contribution in [2.45, 2.75) is 51.7 Å². The lowest BCUT2D eigenvalue weighted by molar-refractivity contribution is -0.132. The van der Waals surface area contributed by atoms with Crippen LogP contribution in [0.4, 0.5) is 11.8 Å². The number of aromatic nitrogens is 2. The van der Waals surface area contributed by atoms with Gasteiger partial charge in [-0.25, -0.2) is 4.98 Å². The van der Waals surface area contributed by atoms with Crippen LogP contribution in [0.25, 0.3) is 0 Å². The molecule has 12 heteroatoms. The number of aliphatic hydroxyl groups is 1. The van der Waals surface area contributed by atoms with Crippen molar-refractivity contribution in [1.82, 2.24) is 30.8 Å². The van der Waals surface area contributed by atoms with Crippen molar-refractivity contribution in [3.8, 4) is 0 Å². The molecule has 5 N–H and O–H groups in total. The molecule has 2 aromatic rings. The minimum Gasteiger partial charge on any atom is -0.395 e. The molecule has 3 amide bonds. The Morgan fingerprint density at radius 2 is 1.68 bits per heavy atom. The van der Waals surface area contributed by atoms with Crippen LogP contribution < -0.4 is 26.2 Å². The van der Waals surface area contributed by atoms with E-state index < -0.39 is 24.0 Å². The molecular formula is C29H42N8O4. The van der Waals surface area contributed by atoms with Gasteiger partial charge < -0.3 is 31.3 Å². The van der Waals surface area contributed by atoms with Crippen LogP contribution >= 0.6 is 0 Å². The molecule has 0 saturated carbocycles. The second-order valence-electron chi connectivity index (χ2n) is 11.0. The van der Waals surface area contributed by atoms with Gasteiger partial charge >= 0.3 is 0 Å². The van der Waals surface area contributed by atoms with Gasteiger partial charge in [-0.2, -0.15) is 4.98 Å². The van der Waals surface area contributed by atoms with Crippen LogP contribution in [0.2, 0.25) is 0 Å². The number of aliphatic hydroxyl groups excluding tert-OH is 1. The van der Waals surface area contributed by atoms with Gasteiger partial charge in [0.15, 0.2) is 0 Å². The van der Waals surface area contributed by atoms with E-state index in [0.717, 1.165) is 24.3 Å². The number of anilines is 2. The first kappa shape index (κ1) is 30.2. The van der Waals surface area contributed by atoms with E-state index in [1.807, 2.05) is 50.2 Å². The van der Waals surface area contributed by atoms with Gasteiger partial charge in [0.2, 0.25) is 23.7 Å². The molecule has 0 radical (unpaired) electrons. The maximum atomic E-state index is 13.7. The van der Waals surface area contributed by atoms with Crippen LogP contribution in [-0.4, -0.2) is 102 Å². The molecule has 1 aromatic carbocycles. The first-order valence-electron chi connectivity index (χ1n) is 14.4. The molecule has 41 heavy (non-hydrogen) atoms. The number of nitrogens with zero attached hydrogens (tertiary/aromatic N) is 4. The highest BCUT2D eigenvalue weighted by Gasteiger charge is 2.30. The smallest absolute Gasteiger partial charge is 0.243 e. The lowest BCUT2D eigenvalue weighted by Crippen LogP contribution is -2.56. The van der Waals surface area contributed by atoms with E-state index in [1.54, 1.807) is 6.92 Å². The highest BCUT2D eigenvalue weighted by Crippen LogP contribution is 2.19. The number of amides is 3. The third kappa shape index (κ3) is 8.37. The summed E-state index contributed by atoms with van der Waals surface area (Å²) in [6.07, 6.45) is 0.829. The van der Waals surface area contributed by atoms with E-state index >= 15 is 0 Å². The van der Waals surface area contributed by atoms with Crippen molar-refractivity contribution in [1.29, 1.82) is 0 Å². The molecule has 1 aromatic heterocycles. The first-order valence-corrected chi connectivity index (χ1v) is 14.4. The number of carbonyl (C=O) groups is 3. The highest BCUT2D eigenvalue weighted by atomic mass is 16.3. The Bertz CT molecular complexity index is 1190. The second kappa shape index (κ2) is 14.2. The Hall–Kier alpha value is -3.77. The van der Waals surface area contributed by atoms with Crippen molar-refractivity contribution in [2.24, 2.45) is 5.92 Å². The Kier molecular flexibility index (Phi) is 10.5. The van der Waals surface area contributed by atoms with Crippen molar-refractivity contribution in [3.05, 3.63) is 47.7 Å². The normalized spacial score (nSPS) is 23.1. The van der Waals surface area contributed by atoms with Crippen molar-refractivity contribution in [3.63, 3.8) is 0 Å². The first-order chi connectivity index (χ1) is 19.7. The summed E-state index contributed by atoms with van der Waals surface area (Å²) in [5.41, 5.74) is 1.68. The van der Waals surface area contributed by atoms with E-state index in [-0.39, 0.29) is 24.3 Å². The number of fused-ring (bicyclic) bond motifs is 2. The number of carbonyl (C=O) groups excluding carboxylic acids is 3. The fourth-order valence-corrected chi connectivity index (χ4v) is 5.00. The molecule has 3 atom stereocenters. The Labute approximate surface area is 241 Å². The molecule has 0 aliphatic carbocycles. The lowest BCUT2D eigenvalue weighted by atomic mass is 10.0. The van der Waals surface area contributed by atoms with Crippen LogP contribution in [0.3, 0.4) is 0 Å². The van der Waals surface area contributed by atoms with Gasteiger partial charge in [0.25, 0.3) is 0 Å². The van der Waals surface area contributed by atoms with Gasteiger partial charge in [-0.1, -0.05) is 44.2 Å². The molecule has 0 unspecified atom stereocenters. The standard InChI is InChI=1S/C29H42N8O4/c1-19(2)25-28(41)31-20(3)26(39)30-10-9-22-18-24(33-23(27(40)35-25)17-21-7-5-4-6-8-21)34-29(32-22)37-13-11-36(12-14-37)15-16-38/h4-8,18-20,23,25,38H,9-17H2,1-3H3,(H,30,39)(H,31,41)(H,35,40)(H,32,33,34)/t20-,23-,25+/m0/s1. The molecule has 4 rings (SSSR count). The zero-order valence-corrected chi connectivity index (χ0v) is 24.1. The summed E-state index contributed by atoms with van der Waals surface area (Å²) < 4.78 is 0. The molecule has 3 heterocycles. The van der Waals surface area contributed by atoms with E-state index in [4.69, 9.17) is 9.97 Å². The Balaban J connectivity index is 1.67. The minimum absolute atomic E-state index is 0.119. The second-order valence-corrected chi connectivity index (χ2v) is 11.0. The van der Waals surface area contributed by atoms with Gasteiger partial charge in [-0.3, -0.25) is 19.3 Å². The zero-order valence-electron chi connectivity index (χ0n) is 24.1. The topological polar surface area (TPSA) is 152 Å². The summed E-state index contributed by atoms with van der Waals surface area (Å²) in [7, 11) is 0. The molecule has 1 fully saturated rings. The summed E-state index contributed by atoms with van der Waals surface area (Å²) in [6.45, 7) is 9.38. The number of piperazine rings is 1. The molecule has 1 saturated heterocycles. The molecular weight excluding hydrogens is 524 g/mol. The molecule has 0 spiro atoms. The third-order valence-electron chi connectivity index (χ3n) is 7.44. The molecule has 2 aliphatic rings. The van der Waals surface area contributed by atoms with Gasteiger partial charge in [0.1, 0.15) is 23.9 Å². The number of β-amino-alcohol motifs (C(OH)–C–C–N with tert-alkyl or cyclic N) is 1. The zero-order chi connectivity index (χ0) is 29.4. The van der Waals surface area contributed by atoms with Gasteiger partial charge in [0.05, 0.1) is 6.61 Å². The fraction of sp³-hybridized carbons (Fsp3) is 0.552. The Morgan fingerprint density at radius 3 is 2.37 bits per heavy atom. The minimum atomic E-state index is -0.824. The Morgan fingerprint density at radius 1 is 0.951 bits per heavy atom. The van der Waals surface area contributed by atoms with Crippen LogP contribution in [-0.2, 0) is 27.2 Å². The summed E-state index contributed by atoms with van der Waals surface area (Å²) in [4.78, 5) is 53.5. The van der Waals surface area contributed by atoms with Crippen molar-refractivity contribution >= 4 is 29.5 Å². The maximum absolute atomic E-state index is 13.7. The van der Waals surface area contributed by atoms with E-state index in [2.05, 4.69) is 31.1 Å². The quantitative estimate of drug-likeness (QED) is 0.324. The van der Waals surface area contributed by atoms with Gasteiger partial charge in [-0.05, 0) is 18.4 Å². The predicted molar refractivity (Wildman–Crippen MR) is 156 cm³/mol. The largest absolute Gasteiger partial charge is 0.395 e. The highest BCUT2D eigenvalue weighted by molar-refractivity contribution is 5.93. The fourth-order valence-electron chi connectivity index (χ4n) is 5.00. The van der Waals surface area contributed by atoms with Crippen LogP contribution in [0.15, 0.2) is 36.4 Å². The monoisotopic (exact) mass is 566 g/mol. The van der Waals surface area contributed by atoms with Crippen molar-refractivity contribution in [2.75, 3.05) is 56.1 Å². The summed E-state index contributed by atoms with van der Waals surface area (Å²) in [6, 6.07) is 9.19. The maximum Gasteiger partial charge on any atom is 0.243 e. The lowest BCUT2D eigenvalue weighted by Gasteiger charge is -2.34. The van der Waals surface area contributed by atoms with E-state index in [0.29, 0.717) is 50.8 Å². The van der Waals surface area contributed by atoms with Crippen LogP contribution in [0, 0.1) is 5.92 Å². The third-order valence-corrected chi connectivity index (χ3v) is 7.44. The summed E-state index contributed by atoms with van der Waals surface area (Å²) in [5.74, 6) is -0.214. The van der Waals surface area contributed by atoms with E-state index in [1.165, 1.54) is 0 Å². The average molecular weight is 567 g/mol. The predicted octanol–water partition coefficient (Wildman–Crippen LogP) is -0.0681. The summed E-state index contributed by atoms with van der Waals surface area (Å²) >= 11 is 0. The SMILES string of the molecule is CC(C)[C@H]1NC(=O)[C@H](Cc2ccccc2)Nc2cc(nc(N3CCN(CCO)CC3)n2)CCNC(=O)[C@H](C)NC1=O. The van der Waals surface area contributed by atoms with E-state index in [9.17, 15) is 19.5 Å². The van der Waals surface area contributed by atoms with Gasteiger partial charge in [-0.15, -0.1) is 0 Å².